The Bertz CT molecular complexity index is 630. The summed E-state index contributed by atoms with van der Waals surface area (Å²) in [5.74, 6) is -1.80. The lowest BCUT2D eigenvalue weighted by Gasteiger charge is -2.09. The van der Waals surface area contributed by atoms with Gasteiger partial charge in [0.05, 0.1) is 19.8 Å². The predicted octanol–water partition coefficient (Wildman–Crippen LogP) is 2.29. The van der Waals surface area contributed by atoms with E-state index in [-0.39, 0.29) is 16.9 Å². The monoisotopic (exact) mass is 292 g/mol. The van der Waals surface area contributed by atoms with Gasteiger partial charge in [-0.1, -0.05) is 30.0 Å². The van der Waals surface area contributed by atoms with E-state index in [9.17, 15) is 14.7 Å². The van der Waals surface area contributed by atoms with Crippen molar-refractivity contribution in [1.82, 2.24) is 0 Å². The molecule has 5 nitrogen and oxygen atoms in total. The number of esters is 2. The highest BCUT2D eigenvalue weighted by Crippen LogP contribution is 2.37. The minimum atomic E-state index is -0.795. The van der Waals surface area contributed by atoms with Gasteiger partial charge < -0.3 is 14.6 Å². The third-order valence-electron chi connectivity index (χ3n) is 2.75. The lowest BCUT2D eigenvalue weighted by Crippen LogP contribution is -2.16. The van der Waals surface area contributed by atoms with Crippen molar-refractivity contribution >= 4 is 29.5 Å². The quantitative estimate of drug-likeness (QED) is 0.843. The first kappa shape index (κ1) is 14.2. The molecule has 0 aromatic heterocycles. The summed E-state index contributed by atoms with van der Waals surface area (Å²) in [5.41, 5.74) is 0.239. The first-order valence-electron chi connectivity index (χ1n) is 5.66. The normalized spacial score (nSPS) is 14.0. The molecular weight excluding hydrogens is 280 g/mol. The van der Waals surface area contributed by atoms with E-state index in [0.717, 1.165) is 4.90 Å². The highest BCUT2D eigenvalue weighted by atomic mass is 32.2. The maximum Gasteiger partial charge on any atom is 0.342 e. The Hall–Kier alpha value is -2.21. The minimum absolute atomic E-state index is 0.0296. The van der Waals surface area contributed by atoms with Crippen LogP contribution in [0.5, 0.6) is 0 Å². The van der Waals surface area contributed by atoms with Crippen LogP contribution in [0.4, 0.5) is 0 Å². The van der Waals surface area contributed by atoms with E-state index in [1.807, 2.05) is 0 Å². The number of aliphatic hydroxyl groups excluding tert-OH is 1. The summed E-state index contributed by atoms with van der Waals surface area (Å²) in [6.45, 7) is 0. The highest BCUT2D eigenvalue weighted by Gasteiger charge is 2.30. The number of rotatable bonds is 2. The molecule has 0 unspecified atom stereocenters. The van der Waals surface area contributed by atoms with Gasteiger partial charge in [0.2, 0.25) is 0 Å². The van der Waals surface area contributed by atoms with Gasteiger partial charge in [-0.05, 0) is 11.5 Å². The molecule has 0 aliphatic carbocycles. The van der Waals surface area contributed by atoms with Crippen LogP contribution in [0.1, 0.15) is 5.56 Å². The van der Waals surface area contributed by atoms with Gasteiger partial charge in [0.1, 0.15) is 11.3 Å². The number of hydrogen-bond acceptors (Lipinski definition) is 6. The zero-order chi connectivity index (χ0) is 14.7. The molecule has 0 amide bonds. The molecule has 0 saturated carbocycles. The summed E-state index contributed by atoms with van der Waals surface area (Å²) < 4.78 is 9.28. The van der Waals surface area contributed by atoms with Crippen LogP contribution in [0.25, 0.3) is 5.76 Å². The van der Waals surface area contributed by atoms with Crippen LogP contribution >= 0.6 is 11.8 Å². The fraction of sp³-hybridized carbons (Fsp3) is 0.143. The van der Waals surface area contributed by atoms with E-state index in [1.165, 1.54) is 31.4 Å². The third-order valence-corrected chi connectivity index (χ3v) is 3.71. The summed E-state index contributed by atoms with van der Waals surface area (Å²) in [4.78, 5) is 24.4. The number of ether oxygens (including phenoxy) is 2. The predicted molar refractivity (Wildman–Crippen MR) is 74.0 cm³/mol. The molecule has 6 heteroatoms. The number of hydrogen-bond donors (Lipinski definition) is 1. The molecule has 0 atom stereocenters. The molecule has 2 rings (SSSR count). The standard InChI is InChI=1S/C14H12O5S/c1-18-13(16)9-7-20-10-6-4-3-5-8(10)12(15)11(9)14(17)19-2/h3-7,15H,1-2H3. The van der Waals surface area contributed by atoms with Crippen molar-refractivity contribution in [1.29, 1.82) is 0 Å². The largest absolute Gasteiger partial charge is 0.506 e. The van der Waals surface area contributed by atoms with Gasteiger partial charge in [-0.25, -0.2) is 9.59 Å². The van der Waals surface area contributed by atoms with Crippen LogP contribution in [-0.2, 0) is 19.1 Å². The van der Waals surface area contributed by atoms with E-state index < -0.39 is 11.9 Å². The van der Waals surface area contributed by atoms with E-state index >= 15 is 0 Å². The molecule has 0 fully saturated rings. The van der Waals surface area contributed by atoms with Crippen molar-refractivity contribution < 1.29 is 24.2 Å². The molecule has 1 aromatic rings. The molecule has 1 aliphatic rings. The second-order valence-corrected chi connectivity index (χ2v) is 4.76. The summed E-state index contributed by atoms with van der Waals surface area (Å²) in [6, 6.07) is 6.97. The number of thioether (sulfide) groups is 1. The van der Waals surface area contributed by atoms with Gasteiger partial charge in [-0.3, -0.25) is 0 Å². The van der Waals surface area contributed by atoms with Crippen LogP contribution in [0.15, 0.2) is 45.7 Å². The Morgan fingerprint density at radius 3 is 2.40 bits per heavy atom. The third kappa shape index (κ3) is 2.42. The second kappa shape index (κ2) is 5.83. The van der Waals surface area contributed by atoms with Gasteiger partial charge in [0.15, 0.2) is 0 Å². The molecule has 1 N–H and O–H groups in total. The van der Waals surface area contributed by atoms with Gasteiger partial charge in [-0.15, -0.1) is 0 Å². The van der Waals surface area contributed by atoms with E-state index in [2.05, 4.69) is 9.47 Å². The van der Waals surface area contributed by atoms with Crippen LogP contribution in [0.2, 0.25) is 0 Å². The Morgan fingerprint density at radius 1 is 1.10 bits per heavy atom. The molecule has 1 heterocycles. The first-order chi connectivity index (χ1) is 9.60. The number of carbonyl (C=O) groups excluding carboxylic acids is 2. The number of fused-ring (bicyclic) bond motifs is 1. The number of aliphatic hydroxyl groups is 1. The van der Waals surface area contributed by atoms with Crippen LogP contribution in [0, 0.1) is 0 Å². The van der Waals surface area contributed by atoms with Gasteiger partial charge in [-0.2, -0.15) is 0 Å². The molecule has 0 spiro atoms. The lowest BCUT2D eigenvalue weighted by atomic mass is 10.0. The fourth-order valence-corrected chi connectivity index (χ4v) is 2.69. The number of methoxy groups -OCH3 is 2. The van der Waals surface area contributed by atoms with Crippen molar-refractivity contribution in [3.05, 3.63) is 46.4 Å². The lowest BCUT2D eigenvalue weighted by molar-refractivity contribution is -0.139. The zero-order valence-corrected chi connectivity index (χ0v) is 11.7. The van der Waals surface area contributed by atoms with E-state index in [4.69, 9.17) is 0 Å². The SMILES string of the molecule is COC(=O)C1=CSc2ccccc2C(O)=C1C(=O)OC. The highest BCUT2D eigenvalue weighted by molar-refractivity contribution is 8.02. The van der Waals surface area contributed by atoms with Crippen molar-refractivity contribution in [2.24, 2.45) is 0 Å². The smallest absolute Gasteiger partial charge is 0.342 e. The van der Waals surface area contributed by atoms with Crippen molar-refractivity contribution in [2.75, 3.05) is 14.2 Å². The van der Waals surface area contributed by atoms with E-state index in [0.29, 0.717) is 5.56 Å². The van der Waals surface area contributed by atoms with Crippen molar-refractivity contribution in [3.8, 4) is 0 Å². The van der Waals surface area contributed by atoms with Crippen LogP contribution < -0.4 is 0 Å². The average molecular weight is 292 g/mol. The Morgan fingerprint density at radius 2 is 1.75 bits per heavy atom. The fourth-order valence-electron chi connectivity index (χ4n) is 1.78. The molecule has 1 aliphatic heterocycles. The van der Waals surface area contributed by atoms with Gasteiger partial charge >= 0.3 is 11.9 Å². The van der Waals surface area contributed by atoms with Crippen LogP contribution in [0.3, 0.4) is 0 Å². The molecule has 20 heavy (non-hydrogen) atoms. The maximum absolute atomic E-state index is 11.9. The summed E-state index contributed by atoms with van der Waals surface area (Å²) in [6.07, 6.45) is 0. The molecular formula is C14H12O5S. The molecule has 0 saturated heterocycles. The molecule has 0 bridgehead atoms. The Kier molecular flexibility index (Phi) is 4.14. The van der Waals surface area contributed by atoms with Gasteiger partial charge in [0, 0.05) is 10.5 Å². The minimum Gasteiger partial charge on any atom is -0.506 e. The zero-order valence-electron chi connectivity index (χ0n) is 10.9. The second-order valence-electron chi connectivity index (χ2n) is 3.85. The topological polar surface area (TPSA) is 72.8 Å². The van der Waals surface area contributed by atoms with Crippen molar-refractivity contribution in [2.45, 2.75) is 4.90 Å². The first-order valence-corrected chi connectivity index (χ1v) is 6.54. The van der Waals surface area contributed by atoms with Gasteiger partial charge in [0.25, 0.3) is 0 Å². The Balaban J connectivity index is 2.68. The van der Waals surface area contributed by atoms with Crippen LogP contribution in [-0.4, -0.2) is 31.3 Å². The Labute approximate surface area is 119 Å². The number of benzene rings is 1. The molecule has 104 valence electrons. The molecule has 0 radical (unpaired) electrons. The number of carbonyl (C=O) groups is 2. The summed E-state index contributed by atoms with van der Waals surface area (Å²) in [5, 5.41) is 11.8. The average Bonchev–Trinajstić information content (AvgIpc) is 2.63. The molecule has 1 aromatic carbocycles. The summed E-state index contributed by atoms with van der Waals surface area (Å²) >= 11 is 1.22. The summed E-state index contributed by atoms with van der Waals surface area (Å²) in [7, 11) is 2.39. The van der Waals surface area contributed by atoms with Crippen molar-refractivity contribution in [3.63, 3.8) is 0 Å². The maximum atomic E-state index is 11.9. The van der Waals surface area contributed by atoms with E-state index in [1.54, 1.807) is 24.3 Å².